The van der Waals surface area contributed by atoms with Gasteiger partial charge in [0.2, 0.25) is 0 Å². The highest BCUT2D eigenvalue weighted by atomic mass is 32.2. The lowest BCUT2D eigenvalue weighted by Gasteiger charge is -2.12. The van der Waals surface area contributed by atoms with E-state index in [4.69, 9.17) is 4.84 Å². The maximum absolute atomic E-state index is 11.8. The van der Waals surface area contributed by atoms with E-state index in [1.807, 2.05) is 0 Å². The molecule has 0 unspecified atom stereocenters. The van der Waals surface area contributed by atoms with Gasteiger partial charge in [-0.2, -0.15) is 0 Å². The van der Waals surface area contributed by atoms with Gasteiger partial charge in [0, 0.05) is 50.9 Å². The molecule has 1 aromatic rings. The highest BCUT2D eigenvalue weighted by Crippen LogP contribution is 2.14. The summed E-state index contributed by atoms with van der Waals surface area (Å²) in [5.41, 5.74) is 0. The number of aromatic nitrogens is 2. The number of hydrogen-bond donors (Lipinski definition) is 0. The van der Waals surface area contributed by atoms with Crippen LogP contribution in [0.15, 0.2) is 23.6 Å². The fourth-order valence-corrected chi connectivity index (χ4v) is 3.13. The molecule has 28 heavy (non-hydrogen) atoms. The summed E-state index contributed by atoms with van der Waals surface area (Å²) in [6, 6.07) is 1.70. The van der Waals surface area contributed by atoms with E-state index in [0.29, 0.717) is 23.1 Å². The van der Waals surface area contributed by atoms with Crippen LogP contribution in [0, 0.1) is 0 Å². The molecule has 9 nitrogen and oxygen atoms in total. The van der Waals surface area contributed by atoms with Crippen LogP contribution in [0.3, 0.4) is 0 Å². The lowest BCUT2D eigenvalue weighted by atomic mass is 10.1. The van der Waals surface area contributed by atoms with Crippen molar-refractivity contribution in [2.75, 3.05) is 5.75 Å². The molecular formula is C18H21N3O6S. The second kappa shape index (κ2) is 11.3. The zero-order chi connectivity index (χ0) is 20.4. The summed E-state index contributed by atoms with van der Waals surface area (Å²) in [5.74, 6) is -1.54. The molecule has 2 heterocycles. The summed E-state index contributed by atoms with van der Waals surface area (Å²) in [6.07, 6.45) is 4.69. The largest absolute Gasteiger partial charge is 0.333 e. The minimum Gasteiger partial charge on any atom is -0.330 e. The molecule has 0 aliphatic carbocycles. The molecular weight excluding hydrogens is 386 g/mol. The van der Waals surface area contributed by atoms with Crippen molar-refractivity contribution in [1.82, 2.24) is 15.0 Å². The highest BCUT2D eigenvalue weighted by Gasteiger charge is 2.32. The number of amides is 2. The van der Waals surface area contributed by atoms with Gasteiger partial charge in [-0.15, -0.1) is 5.06 Å². The van der Waals surface area contributed by atoms with E-state index in [2.05, 4.69) is 9.97 Å². The Labute approximate surface area is 166 Å². The summed E-state index contributed by atoms with van der Waals surface area (Å²) >= 11 is 1.26. The number of nitrogens with zero attached hydrogens (tertiary/aromatic N) is 3. The number of carbonyl (C=O) groups excluding carboxylic acids is 5. The second-order valence-electron chi connectivity index (χ2n) is 6.15. The fraction of sp³-hybridized carbons (Fsp3) is 0.500. The first-order valence-electron chi connectivity index (χ1n) is 8.95. The molecule has 0 bridgehead atoms. The van der Waals surface area contributed by atoms with Gasteiger partial charge in [-0.3, -0.25) is 19.2 Å². The van der Waals surface area contributed by atoms with Gasteiger partial charge in [0.05, 0.1) is 5.75 Å². The second-order valence-corrected chi connectivity index (χ2v) is 7.09. The van der Waals surface area contributed by atoms with Crippen molar-refractivity contribution in [2.45, 2.75) is 56.5 Å². The van der Waals surface area contributed by atoms with Crippen LogP contribution >= 0.6 is 11.8 Å². The average Bonchev–Trinajstić information content (AvgIpc) is 2.99. The van der Waals surface area contributed by atoms with Crippen LogP contribution in [-0.4, -0.2) is 50.1 Å². The summed E-state index contributed by atoms with van der Waals surface area (Å²) in [6.45, 7) is 0. The van der Waals surface area contributed by atoms with Crippen molar-refractivity contribution in [1.29, 1.82) is 0 Å². The first-order chi connectivity index (χ1) is 13.5. The van der Waals surface area contributed by atoms with Crippen LogP contribution in [0.2, 0.25) is 0 Å². The maximum atomic E-state index is 11.8. The van der Waals surface area contributed by atoms with Crippen LogP contribution in [0.1, 0.15) is 51.4 Å². The Morgan fingerprint density at radius 2 is 1.50 bits per heavy atom. The number of Topliss-reactive ketones (excluding diaryl/α,β-unsaturated/α-hetero) is 2. The monoisotopic (exact) mass is 407 g/mol. The number of hydroxylamine groups is 2. The molecule has 1 aliphatic heterocycles. The van der Waals surface area contributed by atoms with Crippen molar-refractivity contribution < 1.29 is 28.8 Å². The molecule has 0 spiro atoms. The average molecular weight is 407 g/mol. The molecule has 1 aromatic heterocycles. The summed E-state index contributed by atoms with van der Waals surface area (Å²) in [7, 11) is 0. The van der Waals surface area contributed by atoms with Crippen LogP contribution in [-0.2, 0) is 28.8 Å². The Morgan fingerprint density at radius 3 is 2.14 bits per heavy atom. The van der Waals surface area contributed by atoms with E-state index in [1.165, 1.54) is 11.8 Å². The van der Waals surface area contributed by atoms with E-state index >= 15 is 0 Å². The SMILES string of the molecule is O=C(CCCC(=O)CSc1ncccn1)CCCC(=O)ON1C(=O)CCC1=O. The van der Waals surface area contributed by atoms with Crippen LogP contribution in [0.5, 0.6) is 0 Å². The Morgan fingerprint density at radius 1 is 0.929 bits per heavy atom. The number of ketones is 2. The van der Waals surface area contributed by atoms with Crippen molar-refractivity contribution in [2.24, 2.45) is 0 Å². The van der Waals surface area contributed by atoms with Crippen molar-refractivity contribution in [3.05, 3.63) is 18.5 Å². The van der Waals surface area contributed by atoms with E-state index < -0.39 is 17.8 Å². The zero-order valence-corrected chi connectivity index (χ0v) is 16.1. The van der Waals surface area contributed by atoms with Gasteiger partial charge in [0.15, 0.2) is 5.16 Å². The van der Waals surface area contributed by atoms with Gasteiger partial charge in [-0.05, 0) is 18.9 Å². The first-order valence-corrected chi connectivity index (χ1v) is 9.94. The third kappa shape index (κ3) is 7.55. The molecule has 0 N–H and O–H groups in total. The van der Waals surface area contributed by atoms with E-state index in [1.54, 1.807) is 18.5 Å². The third-order valence-corrected chi connectivity index (χ3v) is 4.79. The standard InChI is InChI=1S/C18H21N3O6S/c22-13(4-1-6-14(23)12-28-18-19-10-3-11-20-18)5-2-7-17(26)27-21-15(24)8-9-16(21)25/h3,10-11H,1-2,4-9,12H2. The maximum Gasteiger partial charge on any atom is 0.333 e. The number of carbonyl (C=O) groups is 5. The van der Waals surface area contributed by atoms with E-state index in [-0.39, 0.29) is 55.8 Å². The molecule has 1 aliphatic rings. The molecule has 1 fully saturated rings. The molecule has 2 amide bonds. The number of rotatable bonds is 12. The predicted molar refractivity (Wildman–Crippen MR) is 97.7 cm³/mol. The molecule has 0 saturated carbocycles. The van der Waals surface area contributed by atoms with E-state index in [9.17, 15) is 24.0 Å². The molecule has 2 rings (SSSR count). The summed E-state index contributed by atoms with van der Waals surface area (Å²) in [4.78, 5) is 70.7. The number of thioether (sulfide) groups is 1. The topological polar surface area (TPSA) is 124 Å². The molecule has 0 atom stereocenters. The minimum atomic E-state index is -0.716. The number of imide groups is 1. The minimum absolute atomic E-state index is 0.0220. The zero-order valence-electron chi connectivity index (χ0n) is 15.3. The van der Waals surface area contributed by atoms with E-state index in [0.717, 1.165) is 0 Å². The quantitative estimate of drug-likeness (QED) is 0.289. The molecule has 0 radical (unpaired) electrons. The van der Waals surface area contributed by atoms with Crippen LogP contribution < -0.4 is 0 Å². The molecule has 150 valence electrons. The summed E-state index contributed by atoms with van der Waals surface area (Å²) < 4.78 is 0. The Balaban J connectivity index is 1.52. The van der Waals surface area contributed by atoms with Crippen LogP contribution in [0.25, 0.3) is 0 Å². The normalized spacial score (nSPS) is 13.6. The lowest BCUT2D eigenvalue weighted by Crippen LogP contribution is -2.32. The van der Waals surface area contributed by atoms with Gasteiger partial charge in [0.25, 0.3) is 11.8 Å². The third-order valence-electron chi connectivity index (χ3n) is 3.85. The van der Waals surface area contributed by atoms with Gasteiger partial charge in [-0.25, -0.2) is 14.8 Å². The van der Waals surface area contributed by atoms with Gasteiger partial charge >= 0.3 is 5.97 Å². The molecule has 0 aromatic carbocycles. The van der Waals surface area contributed by atoms with Gasteiger partial charge in [0.1, 0.15) is 11.6 Å². The van der Waals surface area contributed by atoms with Gasteiger partial charge < -0.3 is 4.84 Å². The Kier molecular flexibility index (Phi) is 8.73. The van der Waals surface area contributed by atoms with Crippen molar-refractivity contribution >= 4 is 41.1 Å². The highest BCUT2D eigenvalue weighted by molar-refractivity contribution is 7.99. The predicted octanol–water partition coefficient (Wildman–Crippen LogP) is 1.65. The smallest absolute Gasteiger partial charge is 0.330 e. The number of hydrogen-bond acceptors (Lipinski definition) is 9. The molecule has 10 heteroatoms. The fourth-order valence-electron chi connectivity index (χ4n) is 2.42. The Bertz CT molecular complexity index is 724. The Hall–Kier alpha value is -2.62. The van der Waals surface area contributed by atoms with Crippen molar-refractivity contribution in [3.63, 3.8) is 0 Å². The van der Waals surface area contributed by atoms with Crippen molar-refractivity contribution in [3.8, 4) is 0 Å². The first kappa shape index (κ1) is 21.7. The lowest BCUT2D eigenvalue weighted by molar-refractivity contribution is -0.197. The molecule has 1 saturated heterocycles. The van der Waals surface area contributed by atoms with Crippen LogP contribution in [0.4, 0.5) is 0 Å². The van der Waals surface area contributed by atoms with Gasteiger partial charge in [-0.1, -0.05) is 11.8 Å². The summed E-state index contributed by atoms with van der Waals surface area (Å²) in [5, 5.41) is 1.03.